The van der Waals surface area contributed by atoms with Crippen LogP contribution >= 0.6 is 0 Å². The van der Waals surface area contributed by atoms with E-state index in [0.29, 0.717) is 18.5 Å². The Morgan fingerprint density at radius 1 is 1.35 bits per heavy atom. The van der Waals surface area contributed by atoms with Crippen molar-refractivity contribution in [2.75, 3.05) is 6.54 Å². The van der Waals surface area contributed by atoms with Gasteiger partial charge in [0.25, 0.3) is 0 Å². The van der Waals surface area contributed by atoms with Gasteiger partial charge in [-0.15, -0.1) is 0 Å². The highest BCUT2D eigenvalue weighted by Gasteiger charge is 2.21. The summed E-state index contributed by atoms with van der Waals surface area (Å²) in [6, 6.07) is 0.891. The number of hydrogen-bond donors (Lipinski definition) is 2. The normalized spacial score (nSPS) is 24.9. The van der Waals surface area contributed by atoms with Crippen molar-refractivity contribution in [1.29, 1.82) is 0 Å². The van der Waals surface area contributed by atoms with E-state index in [4.69, 9.17) is 0 Å². The average molecular weight is 240 g/mol. The SMILES string of the molecule is CCC1CCCC(NC(=O)CCNC(C)C)C1. The lowest BCUT2D eigenvalue weighted by Crippen LogP contribution is -2.39. The first-order chi connectivity index (χ1) is 8.11. The van der Waals surface area contributed by atoms with Crippen molar-refractivity contribution in [2.24, 2.45) is 5.92 Å². The van der Waals surface area contributed by atoms with Gasteiger partial charge in [0.2, 0.25) is 5.91 Å². The summed E-state index contributed by atoms with van der Waals surface area (Å²) in [5.41, 5.74) is 0. The Balaban J connectivity index is 2.17. The van der Waals surface area contributed by atoms with Crippen LogP contribution in [0.5, 0.6) is 0 Å². The molecule has 0 aromatic carbocycles. The lowest BCUT2D eigenvalue weighted by Gasteiger charge is -2.29. The first-order valence-corrected chi connectivity index (χ1v) is 7.14. The molecule has 0 bridgehead atoms. The second-order valence-corrected chi connectivity index (χ2v) is 5.56. The molecule has 0 spiro atoms. The number of hydrogen-bond acceptors (Lipinski definition) is 2. The second-order valence-electron chi connectivity index (χ2n) is 5.56. The Labute approximate surface area is 106 Å². The van der Waals surface area contributed by atoms with Crippen LogP contribution in [0.25, 0.3) is 0 Å². The van der Waals surface area contributed by atoms with E-state index in [1.165, 1.54) is 32.1 Å². The third-order valence-electron chi connectivity index (χ3n) is 3.63. The third kappa shape index (κ3) is 6.06. The van der Waals surface area contributed by atoms with Crippen LogP contribution in [0.3, 0.4) is 0 Å². The lowest BCUT2D eigenvalue weighted by molar-refractivity contribution is -0.122. The van der Waals surface area contributed by atoms with Gasteiger partial charge < -0.3 is 10.6 Å². The fourth-order valence-electron chi connectivity index (χ4n) is 2.57. The van der Waals surface area contributed by atoms with Crippen molar-refractivity contribution in [1.82, 2.24) is 10.6 Å². The largest absolute Gasteiger partial charge is 0.353 e. The summed E-state index contributed by atoms with van der Waals surface area (Å²) < 4.78 is 0. The molecule has 1 aliphatic rings. The van der Waals surface area contributed by atoms with Crippen LogP contribution in [-0.4, -0.2) is 24.5 Å². The first kappa shape index (κ1) is 14.5. The minimum absolute atomic E-state index is 0.208. The van der Waals surface area contributed by atoms with E-state index in [-0.39, 0.29) is 5.91 Å². The Morgan fingerprint density at radius 2 is 2.12 bits per heavy atom. The molecule has 0 aromatic heterocycles. The number of carbonyl (C=O) groups is 1. The smallest absolute Gasteiger partial charge is 0.221 e. The molecule has 0 heterocycles. The molecule has 100 valence electrons. The van der Waals surface area contributed by atoms with Crippen molar-refractivity contribution in [3.8, 4) is 0 Å². The maximum atomic E-state index is 11.7. The summed E-state index contributed by atoms with van der Waals surface area (Å²) in [7, 11) is 0. The molecule has 0 aliphatic heterocycles. The van der Waals surface area contributed by atoms with Gasteiger partial charge in [-0.2, -0.15) is 0 Å². The molecular formula is C14H28N2O. The minimum atomic E-state index is 0.208. The maximum absolute atomic E-state index is 11.7. The number of amides is 1. The predicted molar refractivity (Wildman–Crippen MR) is 71.9 cm³/mol. The van der Waals surface area contributed by atoms with Crippen molar-refractivity contribution in [3.63, 3.8) is 0 Å². The van der Waals surface area contributed by atoms with Crippen LogP contribution in [0.15, 0.2) is 0 Å². The van der Waals surface area contributed by atoms with Gasteiger partial charge >= 0.3 is 0 Å². The van der Waals surface area contributed by atoms with Crippen molar-refractivity contribution in [3.05, 3.63) is 0 Å². The lowest BCUT2D eigenvalue weighted by atomic mass is 9.84. The molecule has 1 rings (SSSR count). The van der Waals surface area contributed by atoms with Crippen LogP contribution in [0.4, 0.5) is 0 Å². The van der Waals surface area contributed by atoms with E-state index in [2.05, 4.69) is 31.4 Å². The topological polar surface area (TPSA) is 41.1 Å². The average Bonchev–Trinajstić information content (AvgIpc) is 2.28. The molecule has 0 aromatic rings. The van der Waals surface area contributed by atoms with Crippen molar-refractivity contribution in [2.45, 2.75) is 71.4 Å². The highest BCUT2D eigenvalue weighted by molar-refractivity contribution is 5.76. The van der Waals surface area contributed by atoms with Gasteiger partial charge in [-0.3, -0.25) is 4.79 Å². The van der Waals surface area contributed by atoms with E-state index in [0.717, 1.165) is 12.5 Å². The summed E-state index contributed by atoms with van der Waals surface area (Å²) >= 11 is 0. The molecule has 3 heteroatoms. The standard InChI is InChI=1S/C14H28N2O/c1-4-12-6-5-7-13(10-12)16-14(17)8-9-15-11(2)3/h11-13,15H,4-10H2,1-3H3,(H,16,17). The summed E-state index contributed by atoms with van der Waals surface area (Å²) in [6.45, 7) is 7.24. The molecule has 17 heavy (non-hydrogen) atoms. The highest BCUT2D eigenvalue weighted by Crippen LogP contribution is 2.26. The molecule has 3 nitrogen and oxygen atoms in total. The molecule has 2 unspecified atom stereocenters. The van der Waals surface area contributed by atoms with Crippen molar-refractivity contribution < 1.29 is 4.79 Å². The monoisotopic (exact) mass is 240 g/mol. The third-order valence-corrected chi connectivity index (χ3v) is 3.63. The molecule has 1 fully saturated rings. The zero-order chi connectivity index (χ0) is 12.7. The molecule has 0 radical (unpaired) electrons. The summed E-state index contributed by atoms with van der Waals surface area (Å²) in [5, 5.41) is 6.45. The minimum Gasteiger partial charge on any atom is -0.353 e. The quantitative estimate of drug-likeness (QED) is 0.749. The number of rotatable bonds is 6. The van der Waals surface area contributed by atoms with Crippen LogP contribution < -0.4 is 10.6 Å². The second kappa shape index (κ2) is 7.70. The van der Waals surface area contributed by atoms with Gasteiger partial charge in [-0.25, -0.2) is 0 Å². The fraction of sp³-hybridized carbons (Fsp3) is 0.929. The zero-order valence-electron chi connectivity index (χ0n) is 11.6. The number of carbonyl (C=O) groups excluding carboxylic acids is 1. The van der Waals surface area contributed by atoms with Crippen molar-refractivity contribution >= 4 is 5.91 Å². The van der Waals surface area contributed by atoms with Crippen LogP contribution in [0.2, 0.25) is 0 Å². The zero-order valence-corrected chi connectivity index (χ0v) is 11.6. The Hall–Kier alpha value is -0.570. The van der Waals surface area contributed by atoms with E-state index in [1.807, 2.05) is 0 Å². The first-order valence-electron chi connectivity index (χ1n) is 7.14. The van der Waals surface area contributed by atoms with Crippen LogP contribution in [0.1, 0.15) is 59.3 Å². The van der Waals surface area contributed by atoms with Gasteiger partial charge in [0.1, 0.15) is 0 Å². The van der Waals surface area contributed by atoms with Gasteiger partial charge in [0, 0.05) is 25.0 Å². The van der Waals surface area contributed by atoms with Crippen LogP contribution in [0, 0.1) is 5.92 Å². The maximum Gasteiger partial charge on any atom is 0.221 e. The van der Waals surface area contributed by atoms with E-state index >= 15 is 0 Å². The van der Waals surface area contributed by atoms with Gasteiger partial charge in [0.05, 0.1) is 0 Å². The molecule has 1 aliphatic carbocycles. The molecule has 0 saturated heterocycles. The Bertz CT molecular complexity index is 228. The fourth-order valence-corrected chi connectivity index (χ4v) is 2.57. The van der Waals surface area contributed by atoms with Gasteiger partial charge in [0.15, 0.2) is 0 Å². The molecule has 2 atom stereocenters. The molecule has 1 saturated carbocycles. The Kier molecular flexibility index (Phi) is 6.56. The van der Waals surface area contributed by atoms with Crippen LogP contribution in [-0.2, 0) is 4.79 Å². The molecular weight excluding hydrogens is 212 g/mol. The van der Waals surface area contributed by atoms with Gasteiger partial charge in [-0.1, -0.05) is 40.0 Å². The summed E-state index contributed by atoms with van der Waals surface area (Å²) in [5.74, 6) is 1.03. The summed E-state index contributed by atoms with van der Waals surface area (Å²) in [6.07, 6.45) is 6.82. The molecule has 1 amide bonds. The highest BCUT2D eigenvalue weighted by atomic mass is 16.1. The summed E-state index contributed by atoms with van der Waals surface area (Å²) in [4.78, 5) is 11.7. The number of nitrogens with one attached hydrogen (secondary N) is 2. The molecule has 2 N–H and O–H groups in total. The predicted octanol–water partition coefficient (Wildman–Crippen LogP) is 2.46. The van der Waals surface area contributed by atoms with E-state index < -0.39 is 0 Å². The Morgan fingerprint density at radius 3 is 2.76 bits per heavy atom. The van der Waals surface area contributed by atoms with E-state index in [9.17, 15) is 4.79 Å². The van der Waals surface area contributed by atoms with Gasteiger partial charge in [-0.05, 0) is 18.8 Å². The van der Waals surface area contributed by atoms with E-state index in [1.54, 1.807) is 0 Å².